The third kappa shape index (κ3) is 0.969. The van der Waals surface area contributed by atoms with Gasteiger partial charge < -0.3 is 0 Å². The molecule has 1 nitrogen and oxygen atoms in total. The van der Waals surface area contributed by atoms with E-state index < -0.39 is 0 Å². The maximum atomic E-state index is 6.06. The van der Waals surface area contributed by atoms with Crippen molar-refractivity contribution in [2.45, 2.75) is 13.3 Å². The van der Waals surface area contributed by atoms with Gasteiger partial charge in [-0.25, -0.2) is 4.99 Å². The fraction of sp³-hybridized carbons (Fsp3) is 0.300. The first-order chi connectivity index (χ1) is 5.73. The molecule has 1 aliphatic carbocycles. The molecule has 2 heteroatoms. The normalized spacial score (nSPS) is 32.5. The molecule has 1 atom stereocenters. The SMILES string of the molecule is CC12CC=CC=C1C=CN=C2Cl. The molecule has 12 heavy (non-hydrogen) atoms. The molecule has 0 fully saturated rings. The monoisotopic (exact) mass is 179 g/mol. The summed E-state index contributed by atoms with van der Waals surface area (Å²) >= 11 is 6.06. The Balaban J connectivity index is 2.50. The minimum Gasteiger partial charge on any atom is -0.248 e. The molecule has 1 heterocycles. The number of nitrogens with zero attached hydrogens (tertiary/aromatic N) is 1. The van der Waals surface area contributed by atoms with Crippen LogP contribution in [0.15, 0.2) is 41.1 Å². The van der Waals surface area contributed by atoms with Gasteiger partial charge >= 0.3 is 0 Å². The molecule has 2 aliphatic rings. The maximum Gasteiger partial charge on any atom is 0.116 e. The van der Waals surface area contributed by atoms with Crippen LogP contribution in [-0.2, 0) is 0 Å². The van der Waals surface area contributed by atoms with E-state index >= 15 is 0 Å². The number of rotatable bonds is 0. The lowest BCUT2D eigenvalue weighted by molar-refractivity contribution is 0.577. The van der Waals surface area contributed by atoms with Crippen LogP contribution in [0.25, 0.3) is 0 Å². The van der Waals surface area contributed by atoms with Crippen molar-refractivity contribution in [1.29, 1.82) is 0 Å². The highest BCUT2D eigenvalue weighted by atomic mass is 35.5. The second kappa shape index (κ2) is 2.60. The van der Waals surface area contributed by atoms with Crippen LogP contribution in [0.4, 0.5) is 0 Å². The summed E-state index contributed by atoms with van der Waals surface area (Å²) in [6.45, 7) is 2.12. The van der Waals surface area contributed by atoms with E-state index in [2.05, 4.69) is 30.1 Å². The zero-order valence-electron chi connectivity index (χ0n) is 6.92. The van der Waals surface area contributed by atoms with Crippen LogP contribution < -0.4 is 0 Å². The average Bonchev–Trinajstić information content (AvgIpc) is 2.07. The smallest absolute Gasteiger partial charge is 0.116 e. The van der Waals surface area contributed by atoms with E-state index in [9.17, 15) is 0 Å². The number of fused-ring (bicyclic) bond motifs is 1. The van der Waals surface area contributed by atoms with Gasteiger partial charge in [0.1, 0.15) is 5.17 Å². The first-order valence-electron chi connectivity index (χ1n) is 4.01. The second-order valence-electron chi connectivity index (χ2n) is 3.32. The summed E-state index contributed by atoms with van der Waals surface area (Å²) in [6, 6.07) is 0. The Morgan fingerprint density at radius 2 is 2.42 bits per heavy atom. The van der Waals surface area contributed by atoms with Crippen molar-refractivity contribution in [2.24, 2.45) is 10.4 Å². The summed E-state index contributed by atoms with van der Waals surface area (Å²) in [7, 11) is 0. The largest absolute Gasteiger partial charge is 0.248 e. The lowest BCUT2D eigenvalue weighted by atomic mass is 9.76. The van der Waals surface area contributed by atoms with Crippen LogP contribution in [0.3, 0.4) is 0 Å². The molecule has 62 valence electrons. The van der Waals surface area contributed by atoms with Gasteiger partial charge in [-0.1, -0.05) is 29.8 Å². The molecule has 1 unspecified atom stereocenters. The van der Waals surface area contributed by atoms with Crippen LogP contribution in [0.1, 0.15) is 13.3 Å². The van der Waals surface area contributed by atoms with E-state index in [1.165, 1.54) is 5.57 Å². The van der Waals surface area contributed by atoms with Crippen LogP contribution in [-0.4, -0.2) is 5.17 Å². The van der Waals surface area contributed by atoms with Crippen LogP contribution in [0.2, 0.25) is 0 Å². The summed E-state index contributed by atoms with van der Waals surface area (Å²) in [5.41, 5.74) is 1.19. The van der Waals surface area contributed by atoms with Crippen molar-refractivity contribution >= 4 is 16.8 Å². The van der Waals surface area contributed by atoms with Gasteiger partial charge in [-0.3, -0.25) is 0 Å². The molecular weight excluding hydrogens is 170 g/mol. The van der Waals surface area contributed by atoms with Gasteiger partial charge in [0.25, 0.3) is 0 Å². The van der Waals surface area contributed by atoms with Gasteiger partial charge in [-0.15, -0.1) is 0 Å². The van der Waals surface area contributed by atoms with Crippen LogP contribution >= 0.6 is 11.6 Å². The third-order valence-electron chi connectivity index (χ3n) is 2.47. The summed E-state index contributed by atoms with van der Waals surface area (Å²) in [5, 5.41) is 0.695. The molecule has 0 bridgehead atoms. The van der Waals surface area contributed by atoms with Gasteiger partial charge in [0.2, 0.25) is 0 Å². The van der Waals surface area contributed by atoms with Crippen molar-refractivity contribution in [3.63, 3.8) is 0 Å². The van der Waals surface area contributed by atoms with Crippen molar-refractivity contribution in [1.82, 2.24) is 0 Å². The van der Waals surface area contributed by atoms with E-state index in [0.717, 1.165) is 6.42 Å². The fourth-order valence-corrected chi connectivity index (χ4v) is 1.79. The van der Waals surface area contributed by atoms with Crippen LogP contribution in [0, 0.1) is 5.41 Å². The number of hydrogen-bond donors (Lipinski definition) is 0. The molecule has 0 spiro atoms. The molecule has 0 aromatic carbocycles. The van der Waals surface area contributed by atoms with Gasteiger partial charge in [0.15, 0.2) is 0 Å². The molecule has 0 radical (unpaired) electrons. The van der Waals surface area contributed by atoms with E-state index in [4.69, 9.17) is 11.6 Å². The second-order valence-corrected chi connectivity index (χ2v) is 3.68. The molecule has 0 saturated heterocycles. The van der Waals surface area contributed by atoms with Crippen molar-refractivity contribution in [2.75, 3.05) is 0 Å². The van der Waals surface area contributed by atoms with E-state index in [1.54, 1.807) is 6.20 Å². The standard InChI is InChI=1S/C10H10ClN/c1-10-6-3-2-4-8(10)5-7-12-9(10)11/h2-5,7H,6H2,1H3. The predicted molar refractivity (Wildman–Crippen MR) is 52.4 cm³/mol. The molecule has 0 aromatic rings. The Bertz CT molecular complexity index is 323. The lowest BCUT2D eigenvalue weighted by Crippen LogP contribution is -2.28. The molecule has 0 aromatic heterocycles. The summed E-state index contributed by atoms with van der Waals surface area (Å²) in [4.78, 5) is 4.11. The minimum atomic E-state index is -0.0644. The van der Waals surface area contributed by atoms with E-state index in [-0.39, 0.29) is 5.41 Å². The Morgan fingerprint density at radius 3 is 3.17 bits per heavy atom. The van der Waals surface area contributed by atoms with Gasteiger partial charge in [0, 0.05) is 11.6 Å². The number of halogens is 1. The first kappa shape index (κ1) is 7.81. The third-order valence-corrected chi connectivity index (χ3v) is 2.99. The zero-order chi connectivity index (χ0) is 8.60. The fourth-order valence-electron chi connectivity index (χ4n) is 1.55. The molecule has 0 saturated carbocycles. The molecule has 0 N–H and O–H groups in total. The van der Waals surface area contributed by atoms with E-state index in [0.29, 0.717) is 5.17 Å². The zero-order valence-corrected chi connectivity index (χ0v) is 7.67. The lowest BCUT2D eigenvalue weighted by Gasteiger charge is -2.32. The van der Waals surface area contributed by atoms with E-state index in [1.807, 2.05) is 6.08 Å². The van der Waals surface area contributed by atoms with Crippen molar-refractivity contribution < 1.29 is 0 Å². The topological polar surface area (TPSA) is 12.4 Å². The summed E-state index contributed by atoms with van der Waals surface area (Å²) < 4.78 is 0. The van der Waals surface area contributed by atoms with Gasteiger partial charge in [0.05, 0.1) is 0 Å². The highest BCUT2D eigenvalue weighted by Crippen LogP contribution is 2.40. The molecule has 1 aliphatic heterocycles. The number of allylic oxidation sites excluding steroid dienone is 5. The Labute approximate surface area is 77.1 Å². The Hall–Kier alpha value is -0.820. The predicted octanol–water partition coefficient (Wildman–Crippen LogP) is 3.04. The quantitative estimate of drug-likeness (QED) is 0.542. The van der Waals surface area contributed by atoms with Crippen LogP contribution in [0.5, 0.6) is 0 Å². The molecule has 2 rings (SSSR count). The Morgan fingerprint density at radius 1 is 1.58 bits per heavy atom. The highest BCUT2D eigenvalue weighted by Gasteiger charge is 2.34. The number of hydrogen-bond acceptors (Lipinski definition) is 1. The first-order valence-corrected chi connectivity index (χ1v) is 4.39. The van der Waals surface area contributed by atoms with Gasteiger partial charge in [-0.05, 0) is 25.0 Å². The van der Waals surface area contributed by atoms with Crippen molar-refractivity contribution in [3.05, 3.63) is 36.1 Å². The summed E-state index contributed by atoms with van der Waals surface area (Å²) in [5.74, 6) is 0. The average molecular weight is 180 g/mol. The highest BCUT2D eigenvalue weighted by molar-refractivity contribution is 6.67. The minimum absolute atomic E-state index is 0.0644. The number of aliphatic imine (C=N–C) groups is 1. The summed E-state index contributed by atoms with van der Waals surface area (Å²) in [6.07, 6.45) is 11.0. The Kier molecular flexibility index (Phi) is 1.69. The molecule has 0 amide bonds. The van der Waals surface area contributed by atoms with Gasteiger partial charge in [-0.2, -0.15) is 0 Å². The van der Waals surface area contributed by atoms with Crippen molar-refractivity contribution in [3.8, 4) is 0 Å². The maximum absolute atomic E-state index is 6.06. The molecular formula is C10H10ClN.